The van der Waals surface area contributed by atoms with Gasteiger partial charge >= 0.3 is 0 Å². The molecule has 0 aliphatic carbocycles. The van der Waals surface area contributed by atoms with Crippen molar-refractivity contribution in [2.24, 2.45) is 0 Å². The number of nitrogens with zero attached hydrogens (tertiary/aromatic N) is 3. The molecule has 0 saturated carbocycles. The zero-order chi connectivity index (χ0) is 17.6. The first-order valence-electron chi connectivity index (χ1n) is 7.76. The number of carbonyl (C=O) groups is 1. The lowest BCUT2D eigenvalue weighted by Crippen LogP contribution is -2.33. The minimum absolute atomic E-state index is 0.251. The zero-order valence-corrected chi connectivity index (χ0v) is 13.6. The maximum absolute atomic E-state index is 13.1. The number of hydrogen-bond donors (Lipinski definition) is 1. The summed E-state index contributed by atoms with van der Waals surface area (Å²) in [6.07, 6.45) is 6.26. The number of halogens is 1. The summed E-state index contributed by atoms with van der Waals surface area (Å²) < 4.78 is 20.4. The third-order valence-corrected chi connectivity index (χ3v) is 3.46. The van der Waals surface area contributed by atoms with Crippen LogP contribution in [0.3, 0.4) is 0 Å². The van der Waals surface area contributed by atoms with E-state index < -0.39 is 0 Å². The van der Waals surface area contributed by atoms with Gasteiger partial charge in [0.25, 0.3) is 5.91 Å². The maximum Gasteiger partial charge on any atom is 0.252 e. The lowest BCUT2D eigenvalue weighted by molar-refractivity contribution is 0.0931. The number of benzene rings is 1. The van der Waals surface area contributed by atoms with Gasteiger partial charge < -0.3 is 10.1 Å². The van der Waals surface area contributed by atoms with E-state index >= 15 is 0 Å². The molecule has 7 heteroatoms. The molecule has 0 unspecified atom stereocenters. The maximum atomic E-state index is 13.1. The standard InChI is InChI=1S/C18H17FN4O2/c1-13(25-16-4-2-3-15(19)9-16)10-22-18(24)14-5-6-17(21-11-14)23-8-7-20-12-23/h2-9,11-13H,10H2,1H3,(H,22,24)/t13-/m1/s1. The SMILES string of the molecule is C[C@H](CNC(=O)c1ccc(-n2ccnc2)nc1)Oc1cccc(F)c1. The Morgan fingerprint density at radius 1 is 1.36 bits per heavy atom. The van der Waals surface area contributed by atoms with Gasteiger partial charge in [0.1, 0.15) is 29.8 Å². The second kappa shape index (κ2) is 7.57. The van der Waals surface area contributed by atoms with Crippen molar-refractivity contribution in [2.45, 2.75) is 13.0 Å². The summed E-state index contributed by atoms with van der Waals surface area (Å²) >= 11 is 0. The molecule has 1 aromatic carbocycles. The summed E-state index contributed by atoms with van der Waals surface area (Å²) in [6.45, 7) is 2.09. The molecule has 0 aliphatic rings. The molecule has 0 bridgehead atoms. The largest absolute Gasteiger partial charge is 0.489 e. The molecule has 0 fully saturated rings. The van der Waals surface area contributed by atoms with Crippen molar-refractivity contribution in [2.75, 3.05) is 6.54 Å². The molecule has 25 heavy (non-hydrogen) atoms. The van der Waals surface area contributed by atoms with Gasteiger partial charge in [0, 0.05) is 24.7 Å². The Kier molecular flexibility index (Phi) is 5.03. The van der Waals surface area contributed by atoms with E-state index in [0.29, 0.717) is 23.7 Å². The molecular formula is C18H17FN4O2. The lowest BCUT2D eigenvalue weighted by Gasteiger charge is -2.15. The smallest absolute Gasteiger partial charge is 0.252 e. The highest BCUT2D eigenvalue weighted by atomic mass is 19.1. The molecule has 2 heterocycles. The molecular weight excluding hydrogens is 323 g/mol. The number of carbonyl (C=O) groups excluding carboxylic acids is 1. The summed E-state index contributed by atoms with van der Waals surface area (Å²) in [5.41, 5.74) is 0.446. The van der Waals surface area contributed by atoms with Gasteiger partial charge in [0.2, 0.25) is 0 Å². The van der Waals surface area contributed by atoms with E-state index in [2.05, 4.69) is 15.3 Å². The van der Waals surface area contributed by atoms with Crippen molar-refractivity contribution >= 4 is 5.91 Å². The molecule has 1 amide bonds. The van der Waals surface area contributed by atoms with Gasteiger partial charge in [-0.3, -0.25) is 9.36 Å². The van der Waals surface area contributed by atoms with Crippen LogP contribution in [0.25, 0.3) is 5.82 Å². The topological polar surface area (TPSA) is 69.0 Å². The minimum atomic E-state index is -0.363. The molecule has 0 spiro atoms. The zero-order valence-electron chi connectivity index (χ0n) is 13.6. The third kappa shape index (κ3) is 4.41. The van der Waals surface area contributed by atoms with E-state index in [0.717, 1.165) is 0 Å². The van der Waals surface area contributed by atoms with Crippen LogP contribution in [0, 0.1) is 5.82 Å². The predicted molar refractivity (Wildman–Crippen MR) is 90.2 cm³/mol. The molecule has 1 N–H and O–H groups in total. The second-order valence-electron chi connectivity index (χ2n) is 5.47. The summed E-state index contributed by atoms with van der Waals surface area (Å²) in [5, 5.41) is 2.77. The van der Waals surface area contributed by atoms with E-state index in [1.54, 1.807) is 54.5 Å². The normalized spacial score (nSPS) is 11.8. The van der Waals surface area contributed by atoms with Gasteiger partial charge in [-0.25, -0.2) is 14.4 Å². The summed E-state index contributed by atoms with van der Waals surface area (Å²) in [6, 6.07) is 9.32. The Morgan fingerprint density at radius 2 is 2.24 bits per heavy atom. The highest BCUT2D eigenvalue weighted by Gasteiger charge is 2.10. The van der Waals surface area contributed by atoms with Crippen LogP contribution in [0.2, 0.25) is 0 Å². The van der Waals surface area contributed by atoms with E-state index in [-0.39, 0.29) is 17.8 Å². The molecule has 0 saturated heterocycles. The number of hydrogen-bond acceptors (Lipinski definition) is 4. The van der Waals surface area contributed by atoms with Gasteiger partial charge in [-0.05, 0) is 31.2 Å². The number of pyridine rings is 1. The minimum Gasteiger partial charge on any atom is -0.489 e. The first kappa shape index (κ1) is 16.6. The molecule has 0 aliphatic heterocycles. The van der Waals surface area contributed by atoms with Crippen molar-refractivity contribution in [1.29, 1.82) is 0 Å². The number of rotatable bonds is 6. The van der Waals surface area contributed by atoms with Crippen molar-refractivity contribution in [1.82, 2.24) is 19.9 Å². The highest BCUT2D eigenvalue weighted by Crippen LogP contribution is 2.13. The fourth-order valence-electron chi connectivity index (χ4n) is 2.22. The van der Waals surface area contributed by atoms with Crippen molar-refractivity contribution in [3.8, 4) is 11.6 Å². The molecule has 3 rings (SSSR count). The second-order valence-corrected chi connectivity index (χ2v) is 5.47. The molecule has 128 valence electrons. The van der Waals surface area contributed by atoms with Gasteiger partial charge in [0.15, 0.2) is 0 Å². The predicted octanol–water partition coefficient (Wildman–Crippen LogP) is 2.60. The molecule has 1 atom stereocenters. The van der Waals surface area contributed by atoms with Gasteiger partial charge in [0.05, 0.1) is 12.1 Å². The first-order valence-corrected chi connectivity index (χ1v) is 7.76. The van der Waals surface area contributed by atoms with Gasteiger partial charge in [-0.2, -0.15) is 0 Å². The van der Waals surface area contributed by atoms with Crippen LogP contribution >= 0.6 is 0 Å². The van der Waals surface area contributed by atoms with Crippen LogP contribution in [0.4, 0.5) is 4.39 Å². The van der Waals surface area contributed by atoms with E-state index in [1.165, 1.54) is 18.3 Å². The monoisotopic (exact) mass is 340 g/mol. The number of imidazole rings is 1. The quantitative estimate of drug-likeness (QED) is 0.749. The van der Waals surface area contributed by atoms with E-state index in [9.17, 15) is 9.18 Å². The molecule has 6 nitrogen and oxygen atoms in total. The Hall–Kier alpha value is -3.22. The van der Waals surface area contributed by atoms with Gasteiger partial charge in [-0.1, -0.05) is 6.07 Å². The first-order chi connectivity index (χ1) is 12.1. The van der Waals surface area contributed by atoms with Crippen molar-refractivity contribution < 1.29 is 13.9 Å². The van der Waals surface area contributed by atoms with Crippen LogP contribution in [-0.2, 0) is 0 Å². The summed E-state index contributed by atoms with van der Waals surface area (Å²) in [5.74, 6) is 0.488. The van der Waals surface area contributed by atoms with E-state index in [1.807, 2.05) is 0 Å². The summed E-state index contributed by atoms with van der Waals surface area (Å²) in [4.78, 5) is 20.4. The molecule has 2 aromatic heterocycles. The van der Waals surface area contributed by atoms with E-state index in [4.69, 9.17) is 4.74 Å². The number of aromatic nitrogens is 3. The van der Waals surface area contributed by atoms with Crippen LogP contribution in [0.5, 0.6) is 5.75 Å². The Bertz CT molecular complexity index is 835. The number of ether oxygens (including phenoxy) is 1. The summed E-state index contributed by atoms with van der Waals surface area (Å²) in [7, 11) is 0. The fraction of sp³-hybridized carbons (Fsp3) is 0.167. The molecule has 3 aromatic rings. The Morgan fingerprint density at radius 3 is 2.92 bits per heavy atom. The Labute approximate surface area is 144 Å². The van der Waals surface area contributed by atoms with Crippen LogP contribution in [0.1, 0.15) is 17.3 Å². The average Bonchev–Trinajstić information content (AvgIpc) is 3.14. The fourth-order valence-corrected chi connectivity index (χ4v) is 2.22. The van der Waals surface area contributed by atoms with Crippen LogP contribution < -0.4 is 10.1 Å². The Balaban J connectivity index is 1.53. The van der Waals surface area contributed by atoms with Crippen LogP contribution in [0.15, 0.2) is 61.3 Å². The van der Waals surface area contributed by atoms with Crippen LogP contribution in [-0.4, -0.2) is 33.1 Å². The lowest BCUT2D eigenvalue weighted by atomic mass is 10.2. The highest BCUT2D eigenvalue weighted by molar-refractivity contribution is 5.93. The third-order valence-electron chi connectivity index (χ3n) is 3.46. The average molecular weight is 340 g/mol. The van der Waals surface area contributed by atoms with Gasteiger partial charge in [-0.15, -0.1) is 0 Å². The number of nitrogens with one attached hydrogen (secondary N) is 1. The van der Waals surface area contributed by atoms with Crippen molar-refractivity contribution in [3.05, 3.63) is 72.7 Å². The molecule has 0 radical (unpaired) electrons. The van der Waals surface area contributed by atoms with Crippen molar-refractivity contribution in [3.63, 3.8) is 0 Å². The number of amides is 1.